The molecule has 90 valence electrons. The van der Waals surface area contributed by atoms with Crippen LogP contribution in [-0.2, 0) is 0 Å². The summed E-state index contributed by atoms with van der Waals surface area (Å²) in [6, 6.07) is 1.57. The molecule has 0 saturated heterocycles. The van der Waals surface area contributed by atoms with Gasteiger partial charge in [0, 0.05) is 26.0 Å². The number of likely N-dealkylation sites (N-methyl/N-ethyl adjacent to an activating group) is 1. The van der Waals surface area contributed by atoms with Gasteiger partial charge in [0.25, 0.3) is 5.91 Å². The summed E-state index contributed by atoms with van der Waals surface area (Å²) in [4.78, 5) is 17.3. The summed E-state index contributed by atoms with van der Waals surface area (Å²) in [7, 11) is 1.60. The number of rotatable bonds is 3. The monoisotopic (exact) mass is 234 g/mol. The van der Waals surface area contributed by atoms with Crippen molar-refractivity contribution in [2.45, 2.75) is 0 Å². The Morgan fingerprint density at radius 2 is 2.29 bits per heavy atom. The first-order valence-electron chi connectivity index (χ1n) is 5.10. The van der Waals surface area contributed by atoms with E-state index in [1.165, 1.54) is 17.3 Å². The molecule has 0 bridgehead atoms. The number of aliphatic hydroxyl groups excluding tert-OH is 2. The van der Waals surface area contributed by atoms with Crippen LogP contribution < -0.4 is 0 Å². The van der Waals surface area contributed by atoms with E-state index in [2.05, 4.69) is 16.8 Å². The molecule has 0 aromatic carbocycles. The molecule has 2 N–H and O–H groups in total. The van der Waals surface area contributed by atoms with Crippen LogP contribution in [0.2, 0.25) is 0 Å². The van der Waals surface area contributed by atoms with Crippen LogP contribution in [0.15, 0.2) is 18.5 Å². The molecule has 0 radical (unpaired) electrons. The van der Waals surface area contributed by atoms with Gasteiger partial charge in [-0.15, -0.1) is 0 Å². The highest BCUT2D eigenvalue weighted by Gasteiger charge is 2.14. The van der Waals surface area contributed by atoms with Gasteiger partial charge in [-0.2, -0.15) is 0 Å². The lowest BCUT2D eigenvalue weighted by atomic mass is 10.1. The van der Waals surface area contributed by atoms with Crippen LogP contribution in [0.5, 0.6) is 0 Å². The number of nitrogens with zero attached hydrogens (tertiary/aromatic N) is 2. The molecule has 17 heavy (non-hydrogen) atoms. The Balaban J connectivity index is 3.00. The van der Waals surface area contributed by atoms with Crippen molar-refractivity contribution in [2.75, 3.05) is 26.8 Å². The molecule has 1 heterocycles. The summed E-state index contributed by atoms with van der Waals surface area (Å²) in [5.41, 5.74) is 0.883. The van der Waals surface area contributed by atoms with Gasteiger partial charge in [-0.3, -0.25) is 9.78 Å². The highest BCUT2D eigenvalue weighted by molar-refractivity contribution is 5.96. The van der Waals surface area contributed by atoms with E-state index in [0.717, 1.165) is 0 Å². The molecule has 1 amide bonds. The van der Waals surface area contributed by atoms with Crippen molar-refractivity contribution in [2.24, 2.45) is 0 Å². The average Bonchev–Trinajstić information content (AvgIpc) is 2.36. The van der Waals surface area contributed by atoms with Crippen molar-refractivity contribution in [1.29, 1.82) is 0 Å². The maximum atomic E-state index is 12.0. The summed E-state index contributed by atoms with van der Waals surface area (Å²) < 4.78 is 0. The summed E-state index contributed by atoms with van der Waals surface area (Å²) >= 11 is 0. The van der Waals surface area contributed by atoms with E-state index in [0.29, 0.717) is 11.1 Å². The van der Waals surface area contributed by atoms with E-state index >= 15 is 0 Å². The van der Waals surface area contributed by atoms with Crippen LogP contribution in [-0.4, -0.2) is 52.8 Å². The summed E-state index contributed by atoms with van der Waals surface area (Å²) in [6.45, 7) is -0.103. The second-order valence-electron chi connectivity index (χ2n) is 3.33. The number of aliphatic hydroxyl groups is 2. The Bertz CT molecular complexity index is 449. The summed E-state index contributed by atoms with van der Waals surface area (Å²) in [5.74, 6) is 4.91. The van der Waals surface area contributed by atoms with Crippen molar-refractivity contribution in [3.63, 3.8) is 0 Å². The SMILES string of the molecule is CN(CCO)C(=O)c1ccncc1C#CCO. The largest absolute Gasteiger partial charge is 0.395 e. The maximum absolute atomic E-state index is 12.0. The lowest BCUT2D eigenvalue weighted by molar-refractivity contribution is 0.0766. The van der Waals surface area contributed by atoms with Gasteiger partial charge in [-0.25, -0.2) is 0 Å². The third-order valence-electron chi connectivity index (χ3n) is 2.14. The van der Waals surface area contributed by atoms with Crippen molar-refractivity contribution in [1.82, 2.24) is 9.88 Å². The first kappa shape index (κ1) is 13.2. The van der Waals surface area contributed by atoms with Gasteiger partial charge in [0.15, 0.2) is 0 Å². The Kier molecular flexibility index (Phi) is 5.14. The highest BCUT2D eigenvalue weighted by atomic mass is 16.3. The molecule has 1 aromatic heterocycles. The number of carbonyl (C=O) groups excluding carboxylic acids is 1. The van der Waals surface area contributed by atoms with Crippen LogP contribution >= 0.6 is 0 Å². The molecule has 0 saturated carbocycles. The summed E-state index contributed by atoms with van der Waals surface area (Å²) in [5, 5.41) is 17.4. The van der Waals surface area contributed by atoms with E-state index in [1.807, 2.05) is 0 Å². The molecule has 1 rings (SSSR count). The molecule has 0 atom stereocenters. The van der Waals surface area contributed by atoms with E-state index in [4.69, 9.17) is 10.2 Å². The van der Waals surface area contributed by atoms with E-state index < -0.39 is 0 Å². The highest BCUT2D eigenvalue weighted by Crippen LogP contribution is 2.08. The van der Waals surface area contributed by atoms with Crippen LogP contribution in [0.4, 0.5) is 0 Å². The average molecular weight is 234 g/mol. The van der Waals surface area contributed by atoms with Crippen LogP contribution in [0.3, 0.4) is 0 Å². The predicted octanol–water partition coefficient (Wildman–Crippen LogP) is -0.510. The zero-order chi connectivity index (χ0) is 12.7. The smallest absolute Gasteiger partial charge is 0.255 e. The van der Waals surface area contributed by atoms with Gasteiger partial charge in [-0.1, -0.05) is 11.8 Å². The van der Waals surface area contributed by atoms with Crippen LogP contribution in [0.25, 0.3) is 0 Å². The third kappa shape index (κ3) is 3.55. The Morgan fingerprint density at radius 1 is 1.53 bits per heavy atom. The van der Waals surface area contributed by atoms with E-state index in [9.17, 15) is 4.79 Å². The minimum absolute atomic E-state index is 0.0923. The van der Waals surface area contributed by atoms with Crippen molar-refractivity contribution >= 4 is 5.91 Å². The van der Waals surface area contributed by atoms with Gasteiger partial charge in [0.2, 0.25) is 0 Å². The number of carbonyl (C=O) groups is 1. The Morgan fingerprint density at radius 3 is 2.94 bits per heavy atom. The zero-order valence-corrected chi connectivity index (χ0v) is 9.55. The van der Waals surface area contributed by atoms with E-state index in [1.54, 1.807) is 13.1 Å². The molecule has 5 nitrogen and oxygen atoms in total. The number of pyridine rings is 1. The Labute approximate surface area is 99.7 Å². The van der Waals surface area contributed by atoms with Crippen LogP contribution in [0.1, 0.15) is 15.9 Å². The quantitative estimate of drug-likeness (QED) is 0.691. The minimum atomic E-state index is -0.269. The second-order valence-corrected chi connectivity index (χ2v) is 3.33. The molecule has 0 aliphatic rings. The fraction of sp³-hybridized carbons (Fsp3) is 0.333. The number of aromatic nitrogens is 1. The number of amides is 1. The Hall–Kier alpha value is -1.90. The molecular weight excluding hydrogens is 220 g/mol. The standard InChI is InChI=1S/C12H14N2O3/c1-14(6-8-16)12(17)11-4-5-13-9-10(11)3-2-7-15/h4-5,9,15-16H,6-8H2,1H3. The molecule has 0 fully saturated rings. The fourth-order valence-corrected chi connectivity index (χ4v) is 1.27. The fourth-order valence-electron chi connectivity index (χ4n) is 1.27. The predicted molar refractivity (Wildman–Crippen MR) is 62.2 cm³/mol. The molecule has 1 aromatic rings. The van der Waals surface area contributed by atoms with Gasteiger partial charge in [0.1, 0.15) is 6.61 Å². The van der Waals surface area contributed by atoms with Crippen LogP contribution in [0, 0.1) is 11.8 Å². The lowest BCUT2D eigenvalue weighted by Crippen LogP contribution is -2.30. The second kappa shape index (κ2) is 6.63. The molecule has 0 aliphatic heterocycles. The van der Waals surface area contributed by atoms with Crippen molar-refractivity contribution in [3.05, 3.63) is 29.6 Å². The summed E-state index contributed by atoms with van der Waals surface area (Å²) in [6.07, 6.45) is 2.98. The molecule has 0 spiro atoms. The normalized spacial score (nSPS) is 9.35. The molecular formula is C12H14N2O3. The van der Waals surface area contributed by atoms with Gasteiger partial charge >= 0.3 is 0 Å². The van der Waals surface area contributed by atoms with Gasteiger partial charge in [0.05, 0.1) is 17.7 Å². The zero-order valence-electron chi connectivity index (χ0n) is 9.55. The van der Waals surface area contributed by atoms with Crippen molar-refractivity contribution < 1.29 is 15.0 Å². The number of hydrogen-bond acceptors (Lipinski definition) is 4. The maximum Gasteiger partial charge on any atom is 0.255 e. The molecule has 5 heteroatoms. The minimum Gasteiger partial charge on any atom is -0.395 e. The molecule has 0 unspecified atom stereocenters. The van der Waals surface area contributed by atoms with E-state index in [-0.39, 0.29) is 25.7 Å². The van der Waals surface area contributed by atoms with Gasteiger partial charge < -0.3 is 15.1 Å². The molecule has 0 aliphatic carbocycles. The number of hydrogen-bond donors (Lipinski definition) is 2. The first-order valence-corrected chi connectivity index (χ1v) is 5.10. The first-order chi connectivity index (χ1) is 8.20. The lowest BCUT2D eigenvalue weighted by Gasteiger charge is -2.16. The van der Waals surface area contributed by atoms with Gasteiger partial charge in [-0.05, 0) is 6.07 Å². The topological polar surface area (TPSA) is 73.7 Å². The van der Waals surface area contributed by atoms with Crippen molar-refractivity contribution in [3.8, 4) is 11.8 Å². The third-order valence-corrected chi connectivity index (χ3v) is 2.14.